The molecule has 0 fully saturated rings. The summed E-state index contributed by atoms with van der Waals surface area (Å²) in [4.78, 5) is 28.8. The van der Waals surface area contributed by atoms with Gasteiger partial charge in [0.05, 0.1) is 11.4 Å². The molecule has 0 aromatic heterocycles. The number of rotatable bonds is 3. The minimum Gasteiger partial charge on any atom is -0.373 e. The van der Waals surface area contributed by atoms with Crippen LogP contribution in [0.4, 0.5) is 11.4 Å². The number of amides is 2. The zero-order valence-electron chi connectivity index (χ0n) is 15.4. The van der Waals surface area contributed by atoms with E-state index in [1.807, 2.05) is 43.9 Å². The molecule has 24 heavy (non-hydrogen) atoms. The van der Waals surface area contributed by atoms with E-state index < -0.39 is 5.41 Å². The van der Waals surface area contributed by atoms with Crippen molar-refractivity contribution in [3.63, 3.8) is 0 Å². The van der Waals surface area contributed by atoms with Gasteiger partial charge in [-0.3, -0.25) is 9.59 Å². The van der Waals surface area contributed by atoms with E-state index >= 15 is 0 Å². The summed E-state index contributed by atoms with van der Waals surface area (Å²) in [5.74, 6) is 0.0267. The lowest BCUT2D eigenvalue weighted by Crippen LogP contribution is -2.41. The van der Waals surface area contributed by atoms with Crippen LogP contribution in [-0.2, 0) is 9.59 Å². The molecule has 2 rings (SSSR count). The van der Waals surface area contributed by atoms with Crippen LogP contribution in [-0.4, -0.2) is 38.0 Å². The minimum atomic E-state index is -0.436. The lowest BCUT2D eigenvalue weighted by atomic mass is 9.96. The molecule has 1 aromatic rings. The zero-order valence-corrected chi connectivity index (χ0v) is 15.4. The van der Waals surface area contributed by atoms with Gasteiger partial charge in [-0.25, -0.2) is 0 Å². The zero-order chi connectivity index (χ0) is 17.9. The molecular weight excluding hydrogens is 302 g/mol. The van der Waals surface area contributed by atoms with Crippen molar-refractivity contribution in [3.8, 4) is 0 Å². The van der Waals surface area contributed by atoms with Crippen LogP contribution in [0.2, 0.25) is 0 Å². The lowest BCUT2D eigenvalue weighted by molar-refractivity contribution is -0.128. The Morgan fingerprint density at radius 2 is 1.83 bits per heavy atom. The topological polar surface area (TPSA) is 52.6 Å². The van der Waals surface area contributed by atoms with Gasteiger partial charge < -0.3 is 15.1 Å². The molecule has 5 nitrogen and oxygen atoms in total. The number of hydrogen-bond donors (Lipinski definition) is 1. The predicted molar refractivity (Wildman–Crippen MR) is 98.4 cm³/mol. The highest BCUT2D eigenvalue weighted by Crippen LogP contribution is 2.33. The highest BCUT2D eigenvalue weighted by Gasteiger charge is 2.28. The molecule has 0 radical (unpaired) electrons. The first-order valence-electron chi connectivity index (χ1n) is 8.62. The summed E-state index contributed by atoms with van der Waals surface area (Å²) in [6, 6.07) is 8.15. The van der Waals surface area contributed by atoms with Gasteiger partial charge in [-0.2, -0.15) is 0 Å². The van der Waals surface area contributed by atoms with Crippen LogP contribution in [0.1, 0.15) is 40.5 Å². The molecule has 2 amide bonds. The van der Waals surface area contributed by atoms with Crippen molar-refractivity contribution in [1.82, 2.24) is 5.32 Å². The first kappa shape index (κ1) is 18.3. The smallest absolute Gasteiger partial charge is 0.229 e. The van der Waals surface area contributed by atoms with E-state index in [1.54, 1.807) is 0 Å². The number of carbonyl (C=O) groups excluding carboxylic acids is 2. The summed E-state index contributed by atoms with van der Waals surface area (Å²) >= 11 is 0. The maximum Gasteiger partial charge on any atom is 0.229 e. The van der Waals surface area contributed by atoms with Crippen LogP contribution in [0.5, 0.6) is 0 Å². The Labute approximate surface area is 145 Å². The molecule has 0 bridgehead atoms. The number of fused-ring (bicyclic) bond motifs is 1. The summed E-state index contributed by atoms with van der Waals surface area (Å²) < 4.78 is 0. The number of para-hydroxylation sites is 2. The SMILES string of the molecule is C[C@H]1CCN(C)c2ccccc2N1C(=O)CCNC(=O)C(C)(C)C. The number of nitrogens with one attached hydrogen (secondary N) is 1. The number of anilines is 2. The van der Waals surface area contributed by atoms with Crippen molar-refractivity contribution in [2.24, 2.45) is 5.41 Å². The van der Waals surface area contributed by atoms with E-state index in [-0.39, 0.29) is 17.9 Å². The van der Waals surface area contributed by atoms with Gasteiger partial charge in [-0.1, -0.05) is 32.9 Å². The molecule has 132 valence electrons. The largest absolute Gasteiger partial charge is 0.373 e. The number of benzene rings is 1. The third-order valence-corrected chi connectivity index (χ3v) is 4.45. The summed E-state index contributed by atoms with van der Waals surface area (Å²) in [6.07, 6.45) is 1.23. The number of hydrogen-bond acceptors (Lipinski definition) is 3. The fourth-order valence-electron chi connectivity index (χ4n) is 2.91. The molecule has 1 aliphatic heterocycles. The van der Waals surface area contributed by atoms with E-state index in [0.29, 0.717) is 13.0 Å². The average Bonchev–Trinajstić information content (AvgIpc) is 2.64. The maximum atomic E-state index is 12.8. The van der Waals surface area contributed by atoms with Gasteiger partial charge in [0.25, 0.3) is 0 Å². The molecule has 1 atom stereocenters. The van der Waals surface area contributed by atoms with Gasteiger partial charge in [-0.15, -0.1) is 0 Å². The van der Waals surface area contributed by atoms with Crippen LogP contribution in [0.25, 0.3) is 0 Å². The molecule has 1 aromatic carbocycles. The van der Waals surface area contributed by atoms with Gasteiger partial charge in [0.1, 0.15) is 0 Å². The summed E-state index contributed by atoms with van der Waals surface area (Å²) in [7, 11) is 2.06. The van der Waals surface area contributed by atoms with Crippen LogP contribution < -0.4 is 15.1 Å². The first-order chi connectivity index (χ1) is 11.2. The standard InChI is InChI=1S/C19H29N3O2/c1-14-11-13-21(5)15-8-6-7-9-16(15)22(14)17(23)10-12-20-18(24)19(2,3)4/h6-9,14H,10-13H2,1-5H3,(H,20,24)/t14-/m0/s1. The minimum absolute atomic E-state index is 0.0284. The van der Waals surface area contributed by atoms with Crippen molar-refractivity contribution >= 4 is 23.2 Å². The molecule has 1 heterocycles. The van der Waals surface area contributed by atoms with Crippen molar-refractivity contribution in [3.05, 3.63) is 24.3 Å². The third kappa shape index (κ3) is 4.08. The van der Waals surface area contributed by atoms with Gasteiger partial charge >= 0.3 is 0 Å². The van der Waals surface area contributed by atoms with Gasteiger partial charge in [0, 0.05) is 38.0 Å². The van der Waals surface area contributed by atoms with E-state index in [9.17, 15) is 9.59 Å². The molecule has 0 saturated heterocycles. The molecule has 0 unspecified atom stereocenters. The van der Waals surface area contributed by atoms with Crippen molar-refractivity contribution in [1.29, 1.82) is 0 Å². The van der Waals surface area contributed by atoms with E-state index in [1.165, 1.54) is 0 Å². The highest BCUT2D eigenvalue weighted by molar-refractivity contribution is 5.98. The second-order valence-electron chi connectivity index (χ2n) is 7.57. The fourth-order valence-corrected chi connectivity index (χ4v) is 2.91. The Kier molecular flexibility index (Phi) is 5.52. The van der Waals surface area contributed by atoms with Crippen LogP contribution >= 0.6 is 0 Å². The Morgan fingerprint density at radius 1 is 1.21 bits per heavy atom. The Morgan fingerprint density at radius 3 is 2.46 bits per heavy atom. The molecule has 5 heteroatoms. The monoisotopic (exact) mass is 331 g/mol. The van der Waals surface area contributed by atoms with E-state index in [4.69, 9.17) is 0 Å². The maximum absolute atomic E-state index is 12.8. The first-order valence-corrected chi connectivity index (χ1v) is 8.62. The van der Waals surface area contributed by atoms with Gasteiger partial charge in [0.2, 0.25) is 11.8 Å². The molecule has 0 saturated carbocycles. The summed E-state index contributed by atoms with van der Waals surface area (Å²) in [5.41, 5.74) is 1.60. The highest BCUT2D eigenvalue weighted by atomic mass is 16.2. The van der Waals surface area contributed by atoms with E-state index in [2.05, 4.69) is 30.3 Å². The van der Waals surface area contributed by atoms with Gasteiger partial charge in [-0.05, 0) is 25.5 Å². The third-order valence-electron chi connectivity index (χ3n) is 4.45. The summed E-state index contributed by atoms with van der Waals surface area (Å²) in [5, 5.41) is 2.86. The summed E-state index contributed by atoms with van der Waals surface area (Å²) in [6.45, 7) is 8.98. The molecule has 1 aliphatic rings. The lowest BCUT2D eigenvalue weighted by Gasteiger charge is -2.29. The number of nitrogens with zero attached hydrogens (tertiary/aromatic N) is 2. The van der Waals surface area contributed by atoms with Crippen molar-refractivity contribution < 1.29 is 9.59 Å². The van der Waals surface area contributed by atoms with Crippen molar-refractivity contribution in [2.75, 3.05) is 29.9 Å². The number of carbonyl (C=O) groups is 2. The molecular formula is C19H29N3O2. The Hall–Kier alpha value is -2.04. The van der Waals surface area contributed by atoms with Crippen LogP contribution in [0.15, 0.2) is 24.3 Å². The van der Waals surface area contributed by atoms with Crippen LogP contribution in [0.3, 0.4) is 0 Å². The van der Waals surface area contributed by atoms with Crippen LogP contribution in [0, 0.1) is 5.41 Å². The Balaban J connectivity index is 2.10. The molecule has 0 spiro atoms. The molecule has 1 N–H and O–H groups in total. The normalized spacial score (nSPS) is 18.0. The predicted octanol–water partition coefficient (Wildman–Crippen LogP) is 2.80. The molecule has 0 aliphatic carbocycles. The second-order valence-corrected chi connectivity index (χ2v) is 7.57. The second kappa shape index (κ2) is 7.24. The Bertz CT molecular complexity index is 607. The van der Waals surface area contributed by atoms with Gasteiger partial charge in [0.15, 0.2) is 0 Å². The fraction of sp³-hybridized carbons (Fsp3) is 0.579. The van der Waals surface area contributed by atoms with Crippen molar-refractivity contribution in [2.45, 2.75) is 46.6 Å². The average molecular weight is 331 g/mol. The quantitative estimate of drug-likeness (QED) is 0.926. The van der Waals surface area contributed by atoms with E-state index in [0.717, 1.165) is 24.3 Å².